The van der Waals surface area contributed by atoms with Crippen molar-refractivity contribution in [3.63, 3.8) is 0 Å². The summed E-state index contributed by atoms with van der Waals surface area (Å²) in [5, 5.41) is 0. The van der Waals surface area contributed by atoms with Crippen molar-refractivity contribution >= 4 is 21.6 Å². The van der Waals surface area contributed by atoms with E-state index in [2.05, 4.69) is 0 Å². The number of benzene rings is 2. The van der Waals surface area contributed by atoms with Gasteiger partial charge >= 0.3 is 0 Å². The number of rotatable bonds is 6. The molecule has 2 aromatic rings. The molecule has 134 valence electrons. The predicted molar refractivity (Wildman–Crippen MR) is 100 cm³/mol. The fourth-order valence-electron chi connectivity index (χ4n) is 2.63. The molecule has 1 amide bonds. The van der Waals surface area contributed by atoms with Gasteiger partial charge in [0.15, 0.2) is 0 Å². The Labute approximate surface area is 149 Å². The highest BCUT2D eigenvalue weighted by Crippen LogP contribution is 2.20. The maximum atomic E-state index is 12.6. The predicted octanol–water partition coefficient (Wildman–Crippen LogP) is 3.30. The van der Waals surface area contributed by atoms with Crippen molar-refractivity contribution in [1.29, 1.82) is 0 Å². The van der Waals surface area contributed by atoms with Gasteiger partial charge < -0.3 is 4.90 Å². The maximum Gasteiger partial charge on any atom is 0.258 e. The summed E-state index contributed by atoms with van der Waals surface area (Å²) in [7, 11) is -1.81. The molecule has 0 bridgehead atoms. The monoisotopic (exact) mass is 360 g/mol. The van der Waals surface area contributed by atoms with Crippen LogP contribution in [0.5, 0.6) is 0 Å². The van der Waals surface area contributed by atoms with E-state index in [0.717, 1.165) is 11.3 Å². The fourth-order valence-corrected chi connectivity index (χ4v) is 4.09. The highest BCUT2D eigenvalue weighted by molar-refractivity contribution is 7.89. The molecule has 0 unspecified atom stereocenters. The molecule has 2 aromatic carbocycles. The second kappa shape index (κ2) is 7.80. The van der Waals surface area contributed by atoms with Crippen LogP contribution in [-0.4, -0.2) is 38.8 Å². The summed E-state index contributed by atoms with van der Waals surface area (Å²) < 4.78 is 26.4. The van der Waals surface area contributed by atoms with Crippen LogP contribution >= 0.6 is 0 Å². The van der Waals surface area contributed by atoms with Gasteiger partial charge in [-0.3, -0.25) is 4.79 Å². The lowest BCUT2D eigenvalue weighted by Crippen LogP contribution is -2.30. The fraction of sp³-hybridized carbons (Fsp3) is 0.316. The van der Waals surface area contributed by atoms with Crippen molar-refractivity contribution in [2.75, 3.05) is 25.0 Å². The van der Waals surface area contributed by atoms with Crippen LogP contribution in [-0.2, 0) is 10.0 Å². The number of nitrogens with zero attached hydrogens (tertiary/aromatic N) is 2. The molecule has 5 nitrogen and oxygen atoms in total. The van der Waals surface area contributed by atoms with Crippen molar-refractivity contribution in [1.82, 2.24) is 4.31 Å². The standard InChI is InChI=1S/C19H24N2O3S/c1-5-21(6-2)25(23,24)18-12-10-16(11-13-18)19(22)20(4)17-9-7-8-15(3)14-17/h7-14H,5-6H2,1-4H3. The van der Waals surface area contributed by atoms with Crippen molar-refractivity contribution < 1.29 is 13.2 Å². The molecule has 0 N–H and O–H groups in total. The second-order valence-corrected chi connectivity index (χ2v) is 7.75. The Hall–Kier alpha value is -2.18. The molecule has 0 saturated heterocycles. The Bertz CT molecular complexity index is 841. The first-order valence-corrected chi connectivity index (χ1v) is 9.70. The molecular weight excluding hydrogens is 336 g/mol. The number of anilines is 1. The third-order valence-corrected chi connectivity index (χ3v) is 6.20. The van der Waals surface area contributed by atoms with Crippen LogP contribution in [0.4, 0.5) is 5.69 Å². The van der Waals surface area contributed by atoms with Crippen molar-refractivity contribution in [2.24, 2.45) is 0 Å². The van der Waals surface area contributed by atoms with Crippen molar-refractivity contribution in [2.45, 2.75) is 25.7 Å². The highest BCUT2D eigenvalue weighted by Gasteiger charge is 2.22. The second-order valence-electron chi connectivity index (χ2n) is 5.82. The zero-order valence-corrected chi connectivity index (χ0v) is 15.9. The molecule has 0 aliphatic carbocycles. The number of sulfonamides is 1. The minimum absolute atomic E-state index is 0.183. The molecule has 0 spiro atoms. The Morgan fingerprint density at radius 2 is 1.60 bits per heavy atom. The van der Waals surface area contributed by atoms with E-state index in [1.165, 1.54) is 16.4 Å². The zero-order chi connectivity index (χ0) is 18.6. The molecule has 0 radical (unpaired) electrons. The average Bonchev–Trinajstić information content (AvgIpc) is 2.61. The molecule has 2 rings (SSSR count). The van der Waals surface area contributed by atoms with Crippen molar-refractivity contribution in [3.8, 4) is 0 Å². The first kappa shape index (κ1) is 19.1. The quantitative estimate of drug-likeness (QED) is 0.794. The highest BCUT2D eigenvalue weighted by atomic mass is 32.2. The molecule has 0 atom stereocenters. The summed E-state index contributed by atoms with van der Waals surface area (Å²) in [6.45, 7) is 6.39. The normalized spacial score (nSPS) is 11.6. The van der Waals surface area contributed by atoms with E-state index in [1.807, 2.05) is 31.2 Å². The van der Waals surface area contributed by atoms with E-state index in [0.29, 0.717) is 18.7 Å². The van der Waals surface area contributed by atoms with Crippen LogP contribution in [0.2, 0.25) is 0 Å². The third-order valence-electron chi connectivity index (χ3n) is 4.14. The Kier molecular flexibility index (Phi) is 5.98. The number of carbonyl (C=O) groups is 1. The van der Waals surface area contributed by atoms with Gasteiger partial charge in [0.1, 0.15) is 0 Å². The van der Waals surface area contributed by atoms with E-state index in [4.69, 9.17) is 0 Å². The molecule has 25 heavy (non-hydrogen) atoms. The molecule has 0 saturated carbocycles. The van der Waals surface area contributed by atoms with E-state index < -0.39 is 10.0 Å². The third kappa shape index (κ3) is 4.08. The van der Waals surface area contributed by atoms with Crippen LogP contribution in [0.1, 0.15) is 29.8 Å². The van der Waals surface area contributed by atoms with Gasteiger partial charge in [0.05, 0.1) is 4.90 Å². The minimum atomic E-state index is -3.51. The van der Waals surface area contributed by atoms with Gasteiger partial charge in [-0.25, -0.2) is 8.42 Å². The molecule has 0 aromatic heterocycles. The SMILES string of the molecule is CCN(CC)S(=O)(=O)c1ccc(C(=O)N(C)c2cccc(C)c2)cc1. The van der Waals surface area contributed by atoms with E-state index >= 15 is 0 Å². The van der Waals surface area contributed by atoms with E-state index in [1.54, 1.807) is 37.9 Å². The Morgan fingerprint density at radius 1 is 1.00 bits per heavy atom. The van der Waals surface area contributed by atoms with Crippen LogP contribution in [0.3, 0.4) is 0 Å². The summed E-state index contributed by atoms with van der Waals surface area (Å²) >= 11 is 0. The molecule has 6 heteroatoms. The number of hydrogen-bond donors (Lipinski definition) is 0. The summed E-state index contributed by atoms with van der Waals surface area (Å²) in [5.74, 6) is -0.183. The number of carbonyl (C=O) groups excluding carboxylic acids is 1. The lowest BCUT2D eigenvalue weighted by molar-refractivity contribution is 0.0993. The van der Waals surface area contributed by atoms with E-state index in [9.17, 15) is 13.2 Å². The smallest absolute Gasteiger partial charge is 0.258 e. The van der Waals surface area contributed by atoms with Crippen LogP contribution in [0.15, 0.2) is 53.4 Å². The first-order chi connectivity index (χ1) is 11.8. The molecule has 0 fully saturated rings. The first-order valence-electron chi connectivity index (χ1n) is 8.26. The summed E-state index contributed by atoms with van der Waals surface area (Å²) in [6, 6.07) is 13.8. The van der Waals surface area contributed by atoms with Gasteiger partial charge in [0.2, 0.25) is 10.0 Å². The Morgan fingerprint density at radius 3 is 2.12 bits per heavy atom. The largest absolute Gasteiger partial charge is 0.311 e. The summed E-state index contributed by atoms with van der Waals surface area (Å²) in [5.41, 5.74) is 2.31. The van der Waals surface area contributed by atoms with E-state index in [-0.39, 0.29) is 10.8 Å². The van der Waals surface area contributed by atoms with Crippen LogP contribution in [0.25, 0.3) is 0 Å². The Balaban J connectivity index is 2.26. The van der Waals surface area contributed by atoms with Crippen LogP contribution in [0, 0.1) is 6.92 Å². The van der Waals surface area contributed by atoms with Gasteiger partial charge in [-0.2, -0.15) is 4.31 Å². The molecule has 0 aliphatic heterocycles. The number of hydrogen-bond acceptors (Lipinski definition) is 3. The minimum Gasteiger partial charge on any atom is -0.311 e. The van der Waals surface area contributed by atoms with Gasteiger partial charge in [-0.05, 0) is 48.9 Å². The summed E-state index contributed by atoms with van der Waals surface area (Å²) in [4.78, 5) is 14.4. The van der Waals surface area contributed by atoms with Gasteiger partial charge in [0.25, 0.3) is 5.91 Å². The van der Waals surface area contributed by atoms with Crippen molar-refractivity contribution in [3.05, 3.63) is 59.7 Å². The van der Waals surface area contributed by atoms with Crippen LogP contribution < -0.4 is 4.90 Å². The lowest BCUT2D eigenvalue weighted by atomic mass is 10.1. The number of aryl methyl sites for hydroxylation is 1. The van der Waals surface area contributed by atoms with Gasteiger partial charge in [-0.15, -0.1) is 0 Å². The van der Waals surface area contributed by atoms with Gasteiger partial charge in [-0.1, -0.05) is 26.0 Å². The lowest BCUT2D eigenvalue weighted by Gasteiger charge is -2.20. The number of amides is 1. The topological polar surface area (TPSA) is 57.7 Å². The maximum absolute atomic E-state index is 12.6. The van der Waals surface area contributed by atoms with Gasteiger partial charge in [0, 0.05) is 31.4 Å². The molecule has 0 heterocycles. The average molecular weight is 360 g/mol. The molecule has 0 aliphatic rings. The zero-order valence-electron chi connectivity index (χ0n) is 15.1. The summed E-state index contributed by atoms with van der Waals surface area (Å²) in [6.07, 6.45) is 0. The molecular formula is C19H24N2O3S.